The lowest BCUT2D eigenvalue weighted by Crippen LogP contribution is -2.31. The van der Waals surface area contributed by atoms with Gasteiger partial charge in [-0.1, -0.05) is 31.0 Å². The molecule has 1 aliphatic rings. The van der Waals surface area contributed by atoms with Crippen LogP contribution in [0, 0.1) is 6.92 Å². The van der Waals surface area contributed by atoms with Crippen molar-refractivity contribution in [2.24, 2.45) is 0 Å². The summed E-state index contributed by atoms with van der Waals surface area (Å²) in [5.41, 5.74) is 0. The van der Waals surface area contributed by atoms with Crippen LogP contribution in [-0.2, 0) is 0 Å². The minimum absolute atomic E-state index is 0.646. The first-order valence-corrected chi connectivity index (χ1v) is 7.49. The van der Waals surface area contributed by atoms with E-state index in [1.165, 1.54) is 32.1 Å². The van der Waals surface area contributed by atoms with Gasteiger partial charge in [0.15, 0.2) is 0 Å². The molecule has 1 aromatic heterocycles. The van der Waals surface area contributed by atoms with Crippen LogP contribution >= 0.6 is 11.8 Å². The lowest BCUT2D eigenvalue weighted by molar-refractivity contribution is 0.374. The molecule has 2 rings (SSSR count). The Bertz CT molecular complexity index is 323. The number of thioether (sulfide) groups is 1. The Hall–Kier alpha value is -0.550. The third kappa shape index (κ3) is 4.68. The van der Waals surface area contributed by atoms with Gasteiger partial charge in [-0.25, -0.2) is 0 Å². The van der Waals surface area contributed by atoms with Crippen molar-refractivity contribution in [2.45, 2.75) is 56.7 Å². The van der Waals surface area contributed by atoms with Gasteiger partial charge in [-0.3, -0.25) is 0 Å². The number of hydrogen-bond donors (Lipinski definition) is 1. The molecule has 17 heavy (non-hydrogen) atoms. The lowest BCUT2D eigenvalue weighted by Gasteiger charge is -2.22. The highest BCUT2D eigenvalue weighted by atomic mass is 32.2. The van der Waals surface area contributed by atoms with E-state index in [1.54, 1.807) is 11.8 Å². The summed E-state index contributed by atoms with van der Waals surface area (Å²) in [6, 6.07) is 0.763. The molecule has 0 bridgehead atoms. The van der Waals surface area contributed by atoms with Gasteiger partial charge in [-0.05, 0) is 25.8 Å². The number of hydrogen-bond acceptors (Lipinski definition) is 5. The standard InChI is InChI=1S/C12H21N3OS/c1-10-14-15-12(16-10)17-9-5-8-13-11-6-3-2-4-7-11/h11,13H,2-9H2,1H3. The van der Waals surface area contributed by atoms with Gasteiger partial charge in [0.1, 0.15) is 0 Å². The summed E-state index contributed by atoms with van der Waals surface area (Å²) in [6.45, 7) is 2.92. The molecule has 0 saturated heterocycles. The highest BCUT2D eigenvalue weighted by Crippen LogP contribution is 2.18. The van der Waals surface area contributed by atoms with Gasteiger partial charge < -0.3 is 9.73 Å². The van der Waals surface area contributed by atoms with Crippen molar-refractivity contribution in [3.63, 3.8) is 0 Å². The maximum atomic E-state index is 5.30. The van der Waals surface area contributed by atoms with Crippen molar-refractivity contribution in [2.75, 3.05) is 12.3 Å². The van der Waals surface area contributed by atoms with Gasteiger partial charge in [0.05, 0.1) is 0 Å². The quantitative estimate of drug-likeness (QED) is 0.625. The third-order valence-corrected chi connectivity index (χ3v) is 4.00. The molecular formula is C12H21N3OS. The van der Waals surface area contributed by atoms with E-state index in [0.29, 0.717) is 11.1 Å². The molecule has 0 unspecified atom stereocenters. The average Bonchev–Trinajstić information content (AvgIpc) is 2.76. The SMILES string of the molecule is Cc1nnc(SCCCNC2CCCCC2)o1. The summed E-state index contributed by atoms with van der Waals surface area (Å²) >= 11 is 1.65. The predicted octanol–water partition coefficient (Wildman–Crippen LogP) is 2.78. The van der Waals surface area contributed by atoms with E-state index >= 15 is 0 Å². The highest BCUT2D eigenvalue weighted by Gasteiger charge is 2.11. The van der Waals surface area contributed by atoms with Gasteiger partial charge in [-0.2, -0.15) is 0 Å². The van der Waals surface area contributed by atoms with E-state index in [0.717, 1.165) is 24.8 Å². The molecule has 0 amide bonds. The predicted molar refractivity (Wildman–Crippen MR) is 69.3 cm³/mol. The van der Waals surface area contributed by atoms with Crippen molar-refractivity contribution >= 4 is 11.8 Å². The number of aromatic nitrogens is 2. The van der Waals surface area contributed by atoms with Crippen LogP contribution in [0.25, 0.3) is 0 Å². The molecule has 4 nitrogen and oxygen atoms in total. The molecule has 0 aromatic carbocycles. The number of nitrogens with one attached hydrogen (secondary N) is 1. The molecule has 0 spiro atoms. The van der Waals surface area contributed by atoms with Crippen molar-refractivity contribution in [3.8, 4) is 0 Å². The highest BCUT2D eigenvalue weighted by molar-refractivity contribution is 7.99. The monoisotopic (exact) mass is 255 g/mol. The fourth-order valence-corrected chi connectivity index (χ4v) is 2.92. The zero-order valence-electron chi connectivity index (χ0n) is 10.4. The Morgan fingerprint density at radius 3 is 2.82 bits per heavy atom. The molecule has 1 N–H and O–H groups in total. The van der Waals surface area contributed by atoms with Crippen LogP contribution in [0.5, 0.6) is 0 Å². The maximum Gasteiger partial charge on any atom is 0.276 e. The van der Waals surface area contributed by atoms with E-state index in [1.807, 2.05) is 6.92 Å². The molecule has 5 heteroatoms. The first-order chi connectivity index (χ1) is 8.34. The van der Waals surface area contributed by atoms with Crippen LogP contribution in [0.3, 0.4) is 0 Å². The summed E-state index contributed by atoms with van der Waals surface area (Å²) in [6.07, 6.45) is 8.08. The minimum Gasteiger partial charge on any atom is -0.416 e. The Morgan fingerprint density at radius 2 is 2.12 bits per heavy atom. The third-order valence-electron chi connectivity index (χ3n) is 3.09. The van der Waals surface area contributed by atoms with Crippen LogP contribution in [0.2, 0.25) is 0 Å². The Balaban J connectivity index is 1.51. The van der Waals surface area contributed by atoms with Crippen molar-refractivity contribution < 1.29 is 4.42 Å². The Morgan fingerprint density at radius 1 is 1.29 bits per heavy atom. The summed E-state index contributed by atoms with van der Waals surface area (Å²) in [5, 5.41) is 12.1. The van der Waals surface area contributed by atoms with Crippen molar-refractivity contribution in [3.05, 3.63) is 5.89 Å². The molecule has 0 aliphatic heterocycles. The summed E-state index contributed by atoms with van der Waals surface area (Å²) in [4.78, 5) is 0. The van der Waals surface area contributed by atoms with Gasteiger partial charge in [0.25, 0.3) is 5.22 Å². The van der Waals surface area contributed by atoms with E-state index in [2.05, 4.69) is 15.5 Å². The summed E-state index contributed by atoms with van der Waals surface area (Å²) in [5.74, 6) is 1.69. The molecular weight excluding hydrogens is 234 g/mol. The van der Waals surface area contributed by atoms with Gasteiger partial charge in [0.2, 0.25) is 5.89 Å². The normalized spacial score (nSPS) is 17.5. The molecule has 1 aliphatic carbocycles. The number of nitrogens with zero attached hydrogens (tertiary/aromatic N) is 2. The Kier molecular flexibility index (Phi) is 5.32. The van der Waals surface area contributed by atoms with Crippen LogP contribution in [0.1, 0.15) is 44.4 Å². The maximum absolute atomic E-state index is 5.30. The van der Waals surface area contributed by atoms with Gasteiger partial charge in [-0.15, -0.1) is 10.2 Å². The van der Waals surface area contributed by atoms with Crippen LogP contribution in [-0.4, -0.2) is 28.5 Å². The van der Waals surface area contributed by atoms with Crippen molar-refractivity contribution in [1.82, 2.24) is 15.5 Å². The molecule has 1 heterocycles. The molecule has 1 aromatic rings. The lowest BCUT2D eigenvalue weighted by atomic mass is 9.95. The second-order valence-corrected chi connectivity index (χ2v) is 5.62. The molecule has 96 valence electrons. The average molecular weight is 255 g/mol. The van der Waals surface area contributed by atoms with E-state index in [9.17, 15) is 0 Å². The fourth-order valence-electron chi connectivity index (χ4n) is 2.18. The molecule has 0 atom stereocenters. The van der Waals surface area contributed by atoms with Crippen LogP contribution in [0.4, 0.5) is 0 Å². The largest absolute Gasteiger partial charge is 0.416 e. The zero-order chi connectivity index (χ0) is 11.9. The molecule has 1 saturated carbocycles. The van der Waals surface area contributed by atoms with E-state index in [-0.39, 0.29) is 0 Å². The van der Waals surface area contributed by atoms with Crippen molar-refractivity contribution in [1.29, 1.82) is 0 Å². The topological polar surface area (TPSA) is 51.0 Å². The van der Waals surface area contributed by atoms with Gasteiger partial charge in [0, 0.05) is 18.7 Å². The zero-order valence-corrected chi connectivity index (χ0v) is 11.3. The number of rotatable bonds is 6. The van der Waals surface area contributed by atoms with Crippen LogP contribution in [0.15, 0.2) is 9.64 Å². The second-order valence-electron chi connectivity index (χ2n) is 4.58. The summed E-state index contributed by atoms with van der Waals surface area (Å²) < 4.78 is 5.30. The second kappa shape index (κ2) is 7.01. The number of aryl methyl sites for hydroxylation is 1. The molecule has 0 radical (unpaired) electrons. The smallest absolute Gasteiger partial charge is 0.276 e. The van der Waals surface area contributed by atoms with Gasteiger partial charge >= 0.3 is 0 Å². The van der Waals surface area contributed by atoms with E-state index < -0.39 is 0 Å². The fraction of sp³-hybridized carbons (Fsp3) is 0.833. The minimum atomic E-state index is 0.646. The van der Waals surface area contributed by atoms with E-state index in [4.69, 9.17) is 4.42 Å². The first-order valence-electron chi connectivity index (χ1n) is 6.51. The van der Waals surface area contributed by atoms with Crippen LogP contribution < -0.4 is 5.32 Å². The molecule has 1 fully saturated rings. The summed E-state index contributed by atoms with van der Waals surface area (Å²) in [7, 11) is 0. The first kappa shape index (κ1) is 12.9. The Labute approximate surface area is 107 Å².